The van der Waals surface area contributed by atoms with Crippen LogP contribution in [0.4, 0.5) is 0 Å². The fourth-order valence-corrected chi connectivity index (χ4v) is 0.589. The van der Waals surface area contributed by atoms with Crippen molar-refractivity contribution in [3.8, 4) is 0 Å². The second-order valence-corrected chi connectivity index (χ2v) is 3.00. The summed E-state index contributed by atoms with van der Waals surface area (Å²) in [6, 6.07) is 0. The Hall–Kier alpha value is -0.520. The summed E-state index contributed by atoms with van der Waals surface area (Å²) in [6.45, 7) is 12.6. The van der Waals surface area contributed by atoms with Crippen LogP contribution in [0.1, 0.15) is 67.2 Å². The highest BCUT2D eigenvalue weighted by Gasteiger charge is 1.68. The quantitative estimate of drug-likeness (QED) is 0.506. The van der Waals surface area contributed by atoms with Crippen LogP contribution in [-0.2, 0) is 0 Å². The first-order chi connectivity index (χ1) is 6.74. The molecule has 0 atom stereocenters. The topological polar surface area (TPSA) is 0 Å². The first-order valence-electron chi connectivity index (χ1n) is 5.93. The number of unbranched alkanes of at least 4 members (excludes halogenated alkanes) is 2. The van der Waals surface area contributed by atoms with Crippen LogP contribution in [0.5, 0.6) is 0 Å². The lowest BCUT2D eigenvalue weighted by Crippen LogP contribution is -1.59. The molecule has 0 bridgehead atoms. The molecule has 0 N–H and O–H groups in total. The van der Waals surface area contributed by atoms with Gasteiger partial charge in [0.25, 0.3) is 0 Å². The molecule has 0 fully saturated rings. The van der Waals surface area contributed by atoms with Crippen molar-refractivity contribution in [2.45, 2.75) is 67.2 Å². The molecule has 0 aliphatic heterocycles. The average Bonchev–Trinajstić information content (AvgIpc) is 2.22. The summed E-state index contributed by atoms with van der Waals surface area (Å²) >= 11 is 0. The van der Waals surface area contributed by atoms with Crippen LogP contribution in [0.15, 0.2) is 24.3 Å². The van der Waals surface area contributed by atoms with E-state index in [1.807, 2.05) is 32.9 Å². The Bertz CT molecular complexity index is 92.6. The van der Waals surface area contributed by atoms with Gasteiger partial charge in [0.05, 0.1) is 0 Å². The minimum absolute atomic E-state index is 1.16. The van der Waals surface area contributed by atoms with E-state index in [-0.39, 0.29) is 0 Å². The van der Waals surface area contributed by atoms with Crippen molar-refractivity contribution in [2.24, 2.45) is 0 Å². The maximum atomic E-state index is 2.21. The monoisotopic (exact) mass is 198 g/mol. The second-order valence-electron chi connectivity index (χ2n) is 3.00. The van der Waals surface area contributed by atoms with Gasteiger partial charge in [0.1, 0.15) is 0 Å². The van der Waals surface area contributed by atoms with Crippen molar-refractivity contribution in [2.75, 3.05) is 0 Å². The normalized spacial score (nSPS) is 9.29. The minimum atomic E-state index is 1.16. The van der Waals surface area contributed by atoms with Crippen LogP contribution in [0, 0.1) is 0 Å². The predicted molar refractivity (Wildman–Crippen MR) is 70.8 cm³/mol. The van der Waals surface area contributed by atoms with Crippen molar-refractivity contribution in [3.63, 3.8) is 0 Å². The van der Waals surface area contributed by atoms with Crippen LogP contribution in [-0.4, -0.2) is 0 Å². The summed E-state index contributed by atoms with van der Waals surface area (Å²) in [7, 11) is 0. The molecule has 0 saturated carbocycles. The van der Waals surface area contributed by atoms with E-state index in [0.717, 1.165) is 6.42 Å². The smallest absolute Gasteiger partial charge is 0.0379 e. The highest BCUT2D eigenvalue weighted by atomic mass is 13.7. The van der Waals surface area contributed by atoms with Crippen LogP contribution >= 0.6 is 0 Å². The molecule has 0 heterocycles. The zero-order chi connectivity index (χ0) is 11.7. The number of rotatable bonds is 3. The lowest BCUT2D eigenvalue weighted by Gasteiger charge is -1.79. The van der Waals surface area contributed by atoms with Crippen molar-refractivity contribution in [3.05, 3.63) is 24.3 Å². The van der Waals surface area contributed by atoms with Gasteiger partial charge in [0, 0.05) is 0 Å². The maximum Gasteiger partial charge on any atom is -0.0379 e. The SMILES string of the molecule is CC=CC.CC=CCC.CCCCC. The molecule has 0 aromatic carbocycles. The third-order valence-electron chi connectivity index (χ3n) is 1.51. The standard InChI is InChI=1S/C5H12.C5H10.C4H8/c2*1-3-5-4-2;1-3-4-2/h3-5H2,1-2H3;3,5H,4H2,1-2H3;3-4H,1-2H3. The molecule has 14 heavy (non-hydrogen) atoms. The molecule has 0 aliphatic carbocycles. The first-order valence-corrected chi connectivity index (χ1v) is 5.93. The molecule has 0 spiro atoms. The Morgan fingerprint density at radius 2 is 1.14 bits per heavy atom. The molecule has 0 aliphatic rings. The van der Waals surface area contributed by atoms with Crippen LogP contribution < -0.4 is 0 Å². The van der Waals surface area contributed by atoms with Gasteiger partial charge in [-0.25, -0.2) is 0 Å². The fourth-order valence-electron chi connectivity index (χ4n) is 0.589. The van der Waals surface area contributed by atoms with Gasteiger partial charge in [0.2, 0.25) is 0 Å². The summed E-state index contributed by atoms with van der Waals surface area (Å²) in [5, 5.41) is 0. The molecule has 0 radical (unpaired) electrons. The van der Waals surface area contributed by atoms with E-state index >= 15 is 0 Å². The van der Waals surface area contributed by atoms with E-state index in [0.29, 0.717) is 0 Å². The van der Waals surface area contributed by atoms with Crippen LogP contribution in [0.25, 0.3) is 0 Å². The fraction of sp³-hybridized carbons (Fsp3) is 0.714. The van der Waals surface area contributed by atoms with Crippen molar-refractivity contribution in [1.82, 2.24) is 0 Å². The van der Waals surface area contributed by atoms with E-state index in [2.05, 4.69) is 32.9 Å². The number of hydrogen-bond donors (Lipinski definition) is 0. The Balaban J connectivity index is -0.000000131. The van der Waals surface area contributed by atoms with Crippen molar-refractivity contribution in [1.29, 1.82) is 0 Å². The molecule has 0 aromatic rings. The molecular formula is C14H30. The van der Waals surface area contributed by atoms with Crippen molar-refractivity contribution < 1.29 is 0 Å². The molecule has 0 unspecified atom stereocenters. The number of allylic oxidation sites excluding steroid dienone is 4. The highest BCUT2D eigenvalue weighted by Crippen LogP contribution is 1.88. The highest BCUT2D eigenvalue weighted by molar-refractivity contribution is 4.73. The van der Waals surface area contributed by atoms with Gasteiger partial charge in [-0.15, -0.1) is 0 Å². The van der Waals surface area contributed by atoms with Gasteiger partial charge < -0.3 is 0 Å². The molecule has 0 heteroatoms. The van der Waals surface area contributed by atoms with Gasteiger partial charge >= 0.3 is 0 Å². The van der Waals surface area contributed by atoms with Crippen LogP contribution in [0.3, 0.4) is 0 Å². The van der Waals surface area contributed by atoms with Crippen molar-refractivity contribution >= 4 is 0 Å². The van der Waals surface area contributed by atoms with Crippen LogP contribution in [0.2, 0.25) is 0 Å². The number of hydrogen-bond acceptors (Lipinski definition) is 0. The lowest BCUT2D eigenvalue weighted by atomic mass is 10.3. The molecule has 0 aromatic heterocycles. The van der Waals surface area contributed by atoms with E-state index in [4.69, 9.17) is 0 Å². The Kier molecular flexibility index (Phi) is 40.1. The van der Waals surface area contributed by atoms with E-state index in [1.54, 1.807) is 0 Å². The minimum Gasteiger partial charge on any atom is -0.0919 e. The van der Waals surface area contributed by atoms with E-state index in [9.17, 15) is 0 Å². The average molecular weight is 198 g/mol. The predicted octanol–water partition coefficient (Wildman–Crippen LogP) is 5.75. The molecule has 0 amide bonds. The molecule has 0 rings (SSSR count). The molecule has 0 saturated heterocycles. The lowest BCUT2D eigenvalue weighted by molar-refractivity contribution is 0.772. The summed E-state index contributed by atoms with van der Waals surface area (Å²) in [4.78, 5) is 0. The molecular weight excluding hydrogens is 168 g/mol. The largest absolute Gasteiger partial charge is 0.0919 e. The molecule has 0 nitrogen and oxygen atoms in total. The summed E-state index contributed by atoms with van der Waals surface area (Å²) in [6.07, 6.45) is 13.4. The van der Waals surface area contributed by atoms with E-state index < -0.39 is 0 Å². The molecule has 86 valence electrons. The summed E-state index contributed by atoms with van der Waals surface area (Å²) in [5.41, 5.74) is 0. The van der Waals surface area contributed by atoms with Gasteiger partial charge in [-0.1, -0.05) is 64.3 Å². The first kappa shape index (κ1) is 19.1. The van der Waals surface area contributed by atoms with Gasteiger partial charge in [-0.3, -0.25) is 0 Å². The Morgan fingerprint density at radius 1 is 0.714 bits per heavy atom. The Labute approximate surface area is 92.1 Å². The third-order valence-corrected chi connectivity index (χ3v) is 1.51. The zero-order valence-electron chi connectivity index (χ0n) is 11.1. The summed E-state index contributed by atoms with van der Waals surface area (Å²) in [5.74, 6) is 0. The van der Waals surface area contributed by atoms with Gasteiger partial charge in [0.15, 0.2) is 0 Å². The van der Waals surface area contributed by atoms with Gasteiger partial charge in [-0.05, 0) is 27.2 Å². The zero-order valence-corrected chi connectivity index (χ0v) is 11.1. The third kappa shape index (κ3) is 62.8. The van der Waals surface area contributed by atoms with E-state index in [1.165, 1.54) is 19.3 Å². The summed E-state index contributed by atoms with van der Waals surface area (Å²) < 4.78 is 0. The second kappa shape index (κ2) is 29.4. The Morgan fingerprint density at radius 3 is 1.14 bits per heavy atom. The maximum absolute atomic E-state index is 2.21. The van der Waals surface area contributed by atoms with Gasteiger partial charge in [-0.2, -0.15) is 0 Å².